The van der Waals surface area contributed by atoms with Crippen molar-refractivity contribution in [2.45, 2.75) is 50.8 Å². The molecule has 4 N–H and O–H groups in total. The standard InChI is InChI=1S/C9H18N2O2/c1-9(2,8(10)13)11-6-4-3-5-7(6)12/h6-7,11-12H,3-5H2,1-2H3,(H2,10,13)/t6-,7-/m1/s1. The van der Waals surface area contributed by atoms with Gasteiger partial charge in [0.25, 0.3) is 0 Å². The second-order valence-electron chi connectivity index (χ2n) is 4.24. The van der Waals surface area contributed by atoms with E-state index in [1.807, 2.05) is 0 Å². The molecule has 0 aliphatic heterocycles. The predicted molar refractivity (Wildman–Crippen MR) is 50.1 cm³/mol. The Morgan fingerprint density at radius 3 is 2.54 bits per heavy atom. The van der Waals surface area contributed by atoms with Crippen LogP contribution in [0.25, 0.3) is 0 Å². The molecule has 0 unspecified atom stereocenters. The minimum absolute atomic E-state index is 0.0162. The van der Waals surface area contributed by atoms with E-state index in [0.717, 1.165) is 19.3 Å². The number of rotatable bonds is 3. The van der Waals surface area contributed by atoms with Gasteiger partial charge in [0.2, 0.25) is 5.91 Å². The molecular formula is C9H18N2O2. The van der Waals surface area contributed by atoms with Crippen LogP contribution in [0.3, 0.4) is 0 Å². The molecule has 0 bridgehead atoms. The first-order valence-electron chi connectivity index (χ1n) is 4.69. The van der Waals surface area contributed by atoms with Gasteiger partial charge in [-0.2, -0.15) is 0 Å². The van der Waals surface area contributed by atoms with Crippen LogP contribution in [0.15, 0.2) is 0 Å². The lowest BCUT2D eigenvalue weighted by Crippen LogP contribution is -2.56. The molecule has 1 aliphatic carbocycles. The van der Waals surface area contributed by atoms with Gasteiger partial charge >= 0.3 is 0 Å². The van der Waals surface area contributed by atoms with E-state index >= 15 is 0 Å². The highest BCUT2D eigenvalue weighted by molar-refractivity contribution is 5.83. The number of carbonyl (C=O) groups is 1. The van der Waals surface area contributed by atoms with Gasteiger partial charge in [-0.1, -0.05) is 0 Å². The molecule has 1 saturated carbocycles. The Kier molecular flexibility index (Phi) is 2.93. The number of amides is 1. The maximum Gasteiger partial charge on any atom is 0.237 e. The zero-order chi connectivity index (χ0) is 10.1. The molecular weight excluding hydrogens is 168 g/mol. The van der Waals surface area contributed by atoms with Crippen molar-refractivity contribution in [2.75, 3.05) is 0 Å². The fraction of sp³-hybridized carbons (Fsp3) is 0.889. The number of nitrogens with one attached hydrogen (secondary N) is 1. The van der Waals surface area contributed by atoms with E-state index in [1.54, 1.807) is 13.8 Å². The highest BCUT2D eigenvalue weighted by atomic mass is 16.3. The summed E-state index contributed by atoms with van der Waals surface area (Å²) in [7, 11) is 0. The van der Waals surface area contributed by atoms with E-state index < -0.39 is 5.54 Å². The van der Waals surface area contributed by atoms with Crippen molar-refractivity contribution >= 4 is 5.91 Å². The molecule has 0 aromatic rings. The van der Waals surface area contributed by atoms with Crippen LogP contribution in [0.5, 0.6) is 0 Å². The lowest BCUT2D eigenvalue weighted by atomic mass is 10.0. The number of aliphatic hydroxyl groups is 1. The van der Waals surface area contributed by atoms with Crippen LogP contribution in [0.2, 0.25) is 0 Å². The lowest BCUT2D eigenvalue weighted by Gasteiger charge is -2.28. The molecule has 2 atom stereocenters. The lowest BCUT2D eigenvalue weighted by molar-refractivity contribution is -0.123. The Morgan fingerprint density at radius 1 is 1.54 bits per heavy atom. The quantitative estimate of drug-likeness (QED) is 0.569. The Balaban J connectivity index is 2.52. The monoisotopic (exact) mass is 186 g/mol. The predicted octanol–water partition coefficient (Wildman–Crippen LogP) is -0.247. The normalized spacial score (nSPS) is 29.2. The topological polar surface area (TPSA) is 75.3 Å². The summed E-state index contributed by atoms with van der Waals surface area (Å²) in [6.07, 6.45) is 2.40. The van der Waals surface area contributed by atoms with Crippen molar-refractivity contribution < 1.29 is 9.90 Å². The van der Waals surface area contributed by atoms with Crippen molar-refractivity contribution in [1.82, 2.24) is 5.32 Å². The molecule has 76 valence electrons. The van der Waals surface area contributed by atoms with Crippen molar-refractivity contribution in [2.24, 2.45) is 5.73 Å². The highest BCUT2D eigenvalue weighted by Crippen LogP contribution is 2.20. The SMILES string of the molecule is CC(C)(N[C@@H]1CCC[C@H]1O)C(N)=O. The third-order valence-corrected chi connectivity index (χ3v) is 2.64. The van der Waals surface area contributed by atoms with Crippen LogP contribution in [0.4, 0.5) is 0 Å². The molecule has 0 radical (unpaired) electrons. The number of carbonyl (C=O) groups excluding carboxylic acids is 1. The largest absolute Gasteiger partial charge is 0.392 e. The molecule has 0 spiro atoms. The second-order valence-corrected chi connectivity index (χ2v) is 4.24. The third kappa shape index (κ3) is 2.42. The van der Waals surface area contributed by atoms with Crippen LogP contribution < -0.4 is 11.1 Å². The zero-order valence-corrected chi connectivity index (χ0v) is 8.21. The highest BCUT2D eigenvalue weighted by Gasteiger charge is 2.33. The van der Waals surface area contributed by atoms with Crippen molar-refractivity contribution in [3.8, 4) is 0 Å². The average molecular weight is 186 g/mol. The van der Waals surface area contributed by atoms with Gasteiger partial charge in [-0.3, -0.25) is 10.1 Å². The summed E-state index contributed by atoms with van der Waals surface area (Å²) in [6.45, 7) is 3.47. The van der Waals surface area contributed by atoms with Gasteiger partial charge in [0.15, 0.2) is 0 Å². The number of hydrogen-bond acceptors (Lipinski definition) is 3. The number of nitrogens with two attached hydrogens (primary N) is 1. The summed E-state index contributed by atoms with van der Waals surface area (Å²) in [5.41, 5.74) is 4.48. The summed E-state index contributed by atoms with van der Waals surface area (Å²) in [5.74, 6) is -0.383. The van der Waals surface area contributed by atoms with Gasteiger partial charge in [0.05, 0.1) is 11.6 Å². The number of primary amides is 1. The van der Waals surface area contributed by atoms with E-state index in [2.05, 4.69) is 5.32 Å². The summed E-state index contributed by atoms with van der Waals surface area (Å²) >= 11 is 0. The molecule has 0 aromatic heterocycles. The van der Waals surface area contributed by atoms with Crippen LogP contribution in [0, 0.1) is 0 Å². The van der Waals surface area contributed by atoms with E-state index in [0.29, 0.717) is 0 Å². The molecule has 0 heterocycles. The summed E-state index contributed by atoms with van der Waals surface area (Å²) in [5, 5.41) is 12.6. The van der Waals surface area contributed by atoms with Crippen molar-refractivity contribution in [3.63, 3.8) is 0 Å². The maximum absolute atomic E-state index is 11.0. The fourth-order valence-electron chi connectivity index (χ4n) is 1.64. The van der Waals surface area contributed by atoms with E-state index in [-0.39, 0.29) is 18.1 Å². The Bertz CT molecular complexity index is 204. The van der Waals surface area contributed by atoms with Gasteiger partial charge in [0, 0.05) is 6.04 Å². The molecule has 1 rings (SSSR count). The minimum atomic E-state index is -0.726. The summed E-state index contributed by atoms with van der Waals surface area (Å²) in [6, 6.07) is 0.0162. The summed E-state index contributed by atoms with van der Waals surface area (Å²) in [4.78, 5) is 11.0. The van der Waals surface area contributed by atoms with E-state index in [1.165, 1.54) is 0 Å². The molecule has 4 nitrogen and oxygen atoms in total. The van der Waals surface area contributed by atoms with Crippen LogP contribution in [-0.2, 0) is 4.79 Å². The van der Waals surface area contributed by atoms with E-state index in [9.17, 15) is 9.90 Å². The fourth-order valence-corrected chi connectivity index (χ4v) is 1.64. The zero-order valence-electron chi connectivity index (χ0n) is 8.21. The molecule has 0 aromatic carbocycles. The Labute approximate surface area is 78.5 Å². The first kappa shape index (κ1) is 10.5. The van der Waals surface area contributed by atoms with Gasteiger partial charge < -0.3 is 10.8 Å². The Morgan fingerprint density at radius 2 is 2.15 bits per heavy atom. The van der Waals surface area contributed by atoms with E-state index in [4.69, 9.17) is 5.73 Å². The molecule has 0 saturated heterocycles. The third-order valence-electron chi connectivity index (χ3n) is 2.64. The van der Waals surface area contributed by atoms with Crippen LogP contribution in [-0.4, -0.2) is 28.7 Å². The molecule has 1 aliphatic rings. The summed E-state index contributed by atoms with van der Waals surface area (Å²) < 4.78 is 0. The molecule has 4 heteroatoms. The average Bonchev–Trinajstić information content (AvgIpc) is 2.35. The Hall–Kier alpha value is -0.610. The van der Waals surface area contributed by atoms with Gasteiger partial charge in [-0.15, -0.1) is 0 Å². The van der Waals surface area contributed by atoms with Crippen LogP contribution >= 0.6 is 0 Å². The minimum Gasteiger partial charge on any atom is -0.392 e. The molecule has 1 fully saturated rings. The number of hydrogen-bond donors (Lipinski definition) is 3. The van der Waals surface area contributed by atoms with Gasteiger partial charge in [0.1, 0.15) is 0 Å². The van der Waals surface area contributed by atoms with Crippen LogP contribution in [0.1, 0.15) is 33.1 Å². The maximum atomic E-state index is 11.0. The second kappa shape index (κ2) is 3.64. The first-order chi connectivity index (χ1) is 5.93. The first-order valence-corrected chi connectivity index (χ1v) is 4.69. The van der Waals surface area contributed by atoms with Crippen molar-refractivity contribution in [3.05, 3.63) is 0 Å². The van der Waals surface area contributed by atoms with Gasteiger partial charge in [-0.05, 0) is 33.1 Å². The van der Waals surface area contributed by atoms with Crippen molar-refractivity contribution in [1.29, 1.82) is 0 Å². The number of aliphatic hydroxyl groups excluding tert-OH is 1. The smallest absolute Gasteiger partial charge is 0.237 e. The van der Waals surface area contributed by atoms with Gasteiger partial charge in [-0.25, -0.2) is 0 Å². The molecule has 1 amide bonds. The molecule has 13 heavy (non-hydrogen) atoms.